The second-order valence-corrected chi connectivity index (χ2v) is 11.2. The molecule has 5 heteroatoms. The molecule has 208 valence electrons. The van der Waals surface area contributed by atoms with Gasteiger partial charge in [-0.2, -0.15) is 0 Å². The Kier molecular flexibility index (Phi) is 8.13. The summed E-state index contributed by atoms with van der Waals surface area (Å²) >= 11 is 0. The van der Waals surface area contributed by atoms with Crippen molar-refractivity contribution in [3.05, 3.63) is 120 Å². The number of nitrogens with one attached hydrogen (secondary N) is 1. The topological polar surface area (TPSA) is 52.7 Å². The zero-order chi connectivity index (χ0) is 28.0. The van der Waals surface area contributed by atoms with Gasteiger partial charge in [0.1, 0.15) is 0 Å². The van der Waals surface area contributed by atoms with E-state index >= 15 is 0 Å². The number of carbonyl (C=O) groups is 2. The molecule has 0 atom stereocenters. The van der Waals surface area contributed by atoms with E-state index in [1.165, 1.54) is 5.56 Å². The highest BCUT2D eigenvalue weighted by Crippen LogP contribution is 2.32. The normalized spacial score (nSPS) is 15.6. The third-order valence-electron chi connectivity index (χ3n) is 8.45. The highest BCUT2D eigenvalue weighted by molar-refractivity contribution is 6.06. The highest BCUT2D eigenvalue weighted by Gasteiger charge is 2.27. The second kappa shape index (κ2) is 12.4. The summed E-state index contributed by atoms with van der Waals surface area (Å²) in [4.78, 5) is 31.2. The van der Waals surface area contributed by atoms with E-state index in [2.05, 4.69) is 52.7 Å². The molecule has 0 aromatic heterocycles. The summed E-state index contributed by atoms with van der Waals surface area (Å²) in [7, 11) is 0. The SMILES string of the molecule is O=C(Nc1ccc(N2CCC(Cc3ccccc3)CC2)c(C(=O)N2CCCC2)c1)c1ccc(-c2ccccc2)cc1. The van der Waals surface area contributed by atoms with Crippen molar-refractivity contribution in [3.63, 3.8) is 0 Å². The fourth-order valence-electron chi connectivity index (χ4n) is 6.12. The van der Waals surface area contributed by atoms with Crippen LogP contribution in [0, 0.1) is 5.92 Å². The molecule has 0 unspecified atom stereocenters. The number of hydrogen-bond acceptors (Lipinski definition) is 3. The summed E-state index contributed by atoms with van der Waals surface area (Å²) in [5.74, 6) is 0.532. The van der Waals surface area contributed by atoms with E-state index in [4.69, 9.17) is 0 Å². The quantitative estimate of drug-likeness (QED) is 0.266. The van der Waals surface area contributed by atoms with Gasteiger partial charge in [0.05, 0.1) is 5.56 Å². The average Bonchev–Trinajstić information content (AvgIpc) is 3.58. The Morgan fingerprint density at radius 3 is 2.02 bits per heavy atom. The Hall–Kier alpha value is -4.38. The molecule has 4 aromatic carbocycles. The zero-order valence-corrected chi connectivity index (χ0v) is 23.5. The molecule has 0 spiro atoms. The van der Waals surface area contributed by atoms with Crippen LogP contribution in [0.4, 0.5) is 11.4 Å². The molecule has 2 aliphatic heterocycles. The monoisotopic (exact) mass is 543 g/mol. The molecule has 0 radical (unpaired) electrons. The van der Waals surface area contributed by atoms with E-state index in [-0.39, 0.29) is 11.8 Å². The number of rotatable bonds is 7. The first-order chi connectivity index (χ1) is 20.1. The van der Waals surface area contributed by atoms with Gasteiger partial charge >= 0.3 is 0 Å². The Balaban J connectivity index is 1.18. The van der Waals surface area contributed by atoms with Gasteiger partial charge in [0, 0.05) is 43.1 Å². The van der Waals surface area contributed by atoms with Gasteiger partial charge in [-0.3, -0.25) is 9.59 Å². The van der Waals surface area contributed by atoms with Gasteiger partial charge in [-0.15, -0.1) is 0 Å². The van der Waals surface area contributed by atoms with Crippen LogP contribution in [0.2, 0.25) is 0 Å². The van der Waals surface area contributed by atoms with Crippen LogP contribution in [0.25, 0.3) is 11.1 Å². The van der Waals surface area contributed by atoms with Crippen molar-refractivity contribution in [2.24, 2.45) is 5.92 Å². The van der Waals surface area contributed by atoms with Gasteiger partial charge in [-0.05, 0) is 85.0 Å². The number of carbonyl (C=O) groups excluding carboxylic acids is 2. The van der Waals surface area contributed by atoms with Gasteiger partial charge in [-0.25, -0.2) is 0 Å². The Labute approximate surface area is 242 Å². The number of nitrogens with zero attached hydrogens (tertiary/aromatic N) is 2. The van der Waals surface area contributed by atoms with Crippen LogP contribution in [-0.2, 0) is 6.42 Å². The molecule has 6 rings (SSSR count). The molecule has 0 saturated carbocycles. The minimum absolute atomic E-state index is 0.0622. The van der Waals surface area contributed by atoms with Crippen molar-refractivity contribution < 1.29 is 9.59 Å². The largest absolute Gasteiger partial charge is 0.371 e. The molecule has 4 aromatic rings. The standard InChI is InChI=1S/C36H37N3O2/c40-35(31-15-13-30(14-16-31)29-11-5-2-6-12-29)37-32-17-18-34(33(26-32)36(41)39-21-7-8-22-39)38-23-19-28(20-24-38)25-27-9-3-1-4-10-27/h1-6,9-18,26,28H,7-8,19-25H2,(H,37,40). The number of amides is 2. The van der Waals surface area contributed by atoms with Crippen molar-refractivity contribution in [1.29, 1.82) is 0 Å². The Bertz CT molecular complexity index is 1470. The van der Waals surface area contributed by atoms with E-state index in [0.717, 1.165) is 75.1 Å². The van der Waals surface area contributed by atoms with Crippen molar-refractivity contribution >= 4 is 23.2 Å². The maximum atomic E-state index is 13.7. The fourth-order valence-corrected chi connectivity index (χ4v) is 6.12. The van der Waals surface area contributed by atoms with Gasteiger partial charge < -0.3 is 15.1 Å². The zero-order valence-electron chi connectivity index (χ0n) is 23.5. The van der Waals surface area contributed by atoms with Crippen molar-refractivity contribution in [3.8, 4) is 11.1 Å². The molecule has 2 heterocycles. The summed E-state index contributed by atoms with van der Waals surface area (Å²) in [5.41, 5.74) is 6.47. The minimum Gasteiger partial charge on any atom is -0.371 e. The van der Waals surface area contributed by atoms with E-state index in [0.29, 0.717) is 22.7 Å². The van der Waals surface area contributed by atoms with Crippen LogP contribution < -0.4 is 10.2 Å². The first-order valence-electron chi connectivity index (χ1n) is 14.8. The van der Waals surface area contributed by atoms with Crippen LogP contribution in [0.5, 0.6) is 0 Å². The van der Waals surface area contributed by atoms with Crippen LogP contribution in [-0.4, -0.2) is 42.9 Å². The molecule has 5 nitrogen and oxygen atoms in total. The molecule has 0 aliphatic carbocycles. The lowest BCUT2D eigenvalue weighted by Gasteiger charge is -2.35. The number of benzene rings is 4. The second-order valence-electron chi connectivity index (χ2n) is 11.2. The lowest BCUT2D eigenvalue weighted by Crippen LogP contribution is -2.36. The maximum absolute atomic E-state index is 13.7. The van der Waals surface area contributed by atoms with Gasteiger partial charge in [0.25, 0.3) is 11.8 Å². The Morgan fingerprint density at radius 1 is 0.707 bits per heavy atom. The third-order valence-corrected chi connectivity index (χ3v) is 8.45. The first-order valence-corrected chi connectivity index (χ1v) is 14.8. The molecule has 0 bridgehead atoms. The van der Waals surface area contributed by atoms with Gasteiger partial charge in [0.2, 0.25) is 0 Å². The first kappa shape index (κ1) is 26.8. The third kappa shape index (κ3) is 6.35. The van der Waals surface area contributed by atoms with Crippen molar-refractivity contribution in [2.75, 3.05) is 36.4 Å². The molecule has 2 fully saturated rings. The highest BCUT2D eigenvalue weighted by atomic mass is 16.2. The van der Waals surface area contributed by atoms with E-state index in [1.807, 2.05) is 65.6 Å². The molecular formula is C36H37N3O2. The molecule has 2 aliphatic rings. The molecule has 2 saturated heterocycles. The number of hydrogen-bond donors (Lipinski definition) is 1. The van der Waals surface area contributed by atoms with Gasteiger partial charge in [-0.1, -0.05) is 72.8 Å². The molecule has 2 amide bonds. The number of anilines is 2. The van der Waals surface area contributed by atoms with Crippen LogP contribution in [0.1, 0.15) is 52.0 Å². The summed E-state index contributed by atoms with van der Waals surface area (Å²) in [6.07, 6.45) is 5.39. The van der Waals surface area contributed by atoms with E-state index in [9.17, 15) is 9.59 Å². The lowest BCUT2D eigenvalue weighted by atomic mass is 9.89. The maximum Gasteiger partial charge on any atom is 0.256 e. The number of likely N-dealkylation sites (tertiary alicyclic amines) is 1. The van der Waals surface area contributed by atoms with Crippen molar-refractivity contribution in [2.45, 2.75) is 32.1 Å². The molecular weight excluding hydrogens is 506 g/mol. The van der Waals surface area contributed by atoms with E-state index in [1.54, 1.807) is 0 Å². The predicted molar refractivity (Wildman–Crippen MR) is 166 cm³/mol. The summed E-state index contributed by atoms with van der Waals surface area (Å²) in [5, 5.41) is 3.04. The minimum atomic E-state index is -0.182. The van der Waals surface area contributed by atoms with E-state index < -0.39 is 0 Å². The molecule has 41 heavy (non-hydrogen) atoms. The molecule has 1 N–H and O–H groups in total. The number of piperidine rings is 1. The van der Waals surface area contributed by atoms with Crippen LogP contribution in [0.15, 0.2) is 103 Å². The fraction of sp³-hybridized carbons (Fsp3) is 0.278. The lowest BCUT2D eigenvalue weighted by molar-refractivity contribution is 0.0793. The summed E-state index contributed by atoms with van der Waals surface area (Å²) in [6.45, 7) is 3.44. The summed E-state index contributed by atoms with van der Waals surface area (Å²) < 4.78 is 0. The summed E-state index contributed by atoms with van der Waals surface area (Å²) in [6, 6.07) is 34.3. The smallest absolute Gasteiger partial charge is 0.256 e. The van der Waals surface area contributed by atoms with Crippen LogP contribution >= 0.6 is 0 Å². The average molecular weight is 544 g/mol. The van der Waals surface area contributed by atoms with Gasteiger partial charge in [0.15, 0.2) is 0 Å². The Morgan fingerprint density at radius 2 is 1.34 bits per heavy atom. The van der Waals surface area contributed by atoms with Crippen LogP contribution in [0.3, 0.4) is 0 Å². The predicted octanol–water partition coefficient (Wildman–Crippen LogP) is 7.30. The van der Waals surface area contributed by atoms with Crippen molar-refractivity contribution in [1.82, 2.24) is 4.90 Å².